The molecule has 0 unspecified atom stereocenters. The Balaban J connectivity index is 0.000000727. The molecule has 0 bridgehead atoms. The lowest BCUT2D eigenvalue weighted by molar-refractivity contribution is 1.50. The molecule has 126 valence electrons. The maximum atomic E-state index is 2.35. The molecule has 0 aromatic heterocycles. The zero-order chi connectivity index (χ0) is 18.0. The first-order valence-electron chi connectivity index (χ1n) is 9.55. The van der Waals surface area contributed by atoms with Crippen LogP contribution in [0.15, 0.2) is 60.7 Å². The summed E-state index contributed by atoms with van der Waals surface area (Å²) in [4.78, 5) is 0. The number of hydrogen-bond donors (Lipinski definition) is 0. The lowest BCUT2D eigenvalue weighted by Crippen LogP contribution is -1.92. The van der Waals surface area contributed by atoms with Crippen molar-refractivity contribution in [3.63, 3.8) is 0 Å². The Morgan fingerprint density at radius 3 is 1.81 bits per heavy atom. The fraction of sp³-hybridized carbons (Fsp3) is 0.154. The molecule has 0 aliphatic rings. The molecular formula is C26H22. The topological polar surface area (TPSA) is 0 Å². The second kappa shape index (κ2) is 5.32. The van der Waals surface area contributed by atoms with Crippen molar-refractivity contribution >= 4 is 53.9 Å². The van der Waals surface area contributed by atoms with Gasteiger partial charge in [0.05, 0.1) is 0 Å². The summed E-state index contributed by atoms with van der Waals surface area (Å²) in [6, 6.07) is 22.8. The van der Waals surface area contributed by atoms with Crippen LogP contribution in [0.3, 0.4) is 0 Å². The molecule has 26 heavy (non-hydrogen) atoms. The third kappa shape index (κ3) is 1.74. The largest absolute Gasteiger partial charge is 0.0683 e. The van der Waals surface area contributed by atoms with E-state index in [1.165, 1.54) is 65.0 Å². The predicted octanol–water partition coefficient (Wildman–Crippen LogP) is 7.97. The van der Waals surface area contributed by atoms with E-state index in [2.05, 4.69) is 74.5 Å². The van der Waals surface area contributed by atoms with Crippen molar-refractivity contribution in [3.8, 4) is 0 Å². The van der Waals surface area contributed by atoms with Crippen LogP contribution in [-0.4, -0.2) is 0 Å². The summed E-state index contributed by atoms with van der Waals surface area (Å²) in [5, 5.41) is 14.0. The van der Waals surface area contributed by atoms with Crippen molar-refractivity contribution in [1.29, 1.82) is 0 Å². The average Bonchev–Trinajstić information content (AvgIpc) is 2.69. The van der Waals surface area contributed by atoms with Crippen LogP contribution in [0, 0.1) is 13.8 Å². The Morgan fingerprint density at radius 1 is 0.462 bits per heavy atom. The van der Waals surface area contributed by atoms with E-state index >= 15 is 0 Å². The SMILES string of the molecule is CC.Cc1ccc2c3cccc4c(C)cc5ccc6ccc1c2c6c5c43. The maximum absolute atomic E-state index is 2.35. The van der Waals surface area contributed by atoms with Gasteiger partial charge in [-0.05, 0) is 78.8 Å². The van der Waals surface area contributed by atoms with E-state index in [9.17, 15) is 0 Å². The minimum absolute atomic E-state index is 1.35. The van der Waals surface area contributed by atoms with Crippen molar-refractivity contribution in [2.24, 2.45) is 0 Å². The third-order valence-corrected chi connectivity index (χ3v) is 5.81. The molecule has 0 atom stereocenters. The highest BCUT2D eigenvalue weighted by Gasteiger charge is 2.17. The number of fused-ring (bicyclic) bond motifs is 1. The Labute approximate surface area is 153 Å². The van der Waals surface area contributed by atoms with Crippen molar-refractivity contribution in [2.45, 2.75) is 27.7 Å². The molecule has 0 radical (unpaired) electrons. The Bertz CT molecular complexity index is 1380. The van der Waals surface area contributed by atoms with Gasteiger partial charge in [-0.15, -0.1) is 0 Å². The highest BCUT2D eigenvalue weighted by molar-refractivity contribution is 6.40. The number of benzene rings is 6. The molecule has 0 N–H and O–H groups in total. The van der Waals surface area contributed by atoms with E-state index in [1.54, 1.807) is 0 Å². The zero-order valence-corrected chi connectivity index (χ0v) is 15.8. The average molecular weight is 334 g/mol. The van der Waals surface area contributed by atoms with Crippen LogP contribution in [0.2, 0.25) is 0 Å². The monoisotopic (exact) mass is 334 g/mol. The molecule has 0 heteroatoms. The Hall–Kier alpha value is -2.86. The standard InChI is InChI=1S/C24H16.C2H6/c1-13-6-10-20-19-5-3-4-17-14(2)12-16-8-7-15-9-11-18(13)24(20)21(15)22(16)23(17)19;1-2/h3-12H,1-2H3;1-2H3. The van der Waals surface area contributed by atoms with Crippen LogP contribution in [0.25, 0.3) is 53.9 Å². The van der Waals surface area contributed by atoms with E-state index < -0.39 is 0 Å². The van der Waals surface area contributed by atoms with E-state index in [0.717, 1.165) is 0 Å². The first kappa shape index (κ1) is 15.4. The van der Waals surface area contributed by atoms with Crippen LogP contribution in [-0.2, 0) is 0 Å². The van der Waals surface area contributed by atoms with Crippen molar-refractivity contribution in [1.82, 2.24) is 0 Å². The summed E-state index contributed by atoms with van der Waals surface area (Å²) < 4.78 is 0. The molecule has 0 heterocycles. The molecule has 0 saturated carbocycles. The molecule has 0 saturated heterocycles. The van der Waals surface area contributed by atoms with Gasteiger partial charge in [0.15, 0.2) is 0 Å². The van der Waals surface area contributed by atoms with Crippen LogP contribution < -0.4 is 0 Å². The minimum Gasteiger partial charge on any atom is -0.0683 e. The second-order valence-corrected chi connectivity index (χ2v) is 7.10. The number of rotatable bonds is 0. The summed E-state index contributed by atoms with van der Waals surface area (Å²) in [5.41, 5.74) is 2.72. The lowest BCUT2D eigenvalue weighted by atomic mass is 9.84. The lowest BCUT2D eigenvalue weighted by Gasteiger charge is -2.19. The Kier molecular flexibility index (Phi) is 3.15. The van der Waals surface area contributed by atoms with Crippen LogP contribution in [0.5, 0.6) is 0 Å². The quantitative estimate of drug-likeness (QED) is 0.195. The van der Waals surface area contributed by atoms with Gasteiger partial charge in [-0.1, -0.05) is 74.5 Å². The molecule has 0 aliphatic heterocycles. The first-order chi connectivity index (χ1) is 12.7. The Morgan fingerprint density at radius 2 is 1.00 bits per heavy atom. The fourth-order valence-corrected chi connectivity index (χ4v) is 4.72. The third-order valence-electron chi connectivity index (χ3n) is 5.81. The smallest absolute Gasteiger partial charge is 0.00139 e. The summed E-state index contributed by atoms with van der Waals surface area (Å²) >= 11 is 0. The van der Waals surface area contributed by atoms with Gasteiger partial charge < -0.3 is 0 Å². The van der Waals surface area contributed by atoms with Gasteiger partial charge in [-0.3, -0.25) is 0 Å². The summed E-state index contributed by atoms with van der Waals surface area (Å²) in [7, 11) is 0. The highest BCUT2D eigenvalue weighted by atomic mass is 14.2. The maximum Gasteiger partial charge on any atom is -0.00139 e. The number of hydrogen-bond acceptors (Lipinski definition) is 0. The van der Waals surface area contributed by atoms with E-state index in [4.69, 9.17) is 0 Å². The molecule has 0 nitrogen and oxygen atoms in total. The van der Waals surface area contributed by atoms with Crippen molar-refractivity contribution in [2.75, 3.05) is 0 Å². The molecule has 6 rings (SSSR count). The summed E-state index contributed by atoms with van der Waals surface area (Å²) in [5.74, 6) is 0. The summed E-state index contributed by atoms with van der Waals surface area (Å²) in [6.45, 7) is 8.45. The van der Waals surface area contributed by atoms with Crippen LogP contribution in [0.4, 0.5) is 0 Å². The van der Waals surface area contributed by atoms with Gasteiger partial charge in [0.2, 0.25) is 0 Å². The van der Waals surface area contributed by atoms with Crippen LogP contribution in [0.1, 0.15) is 25.0 Å². The van der Waals surface area contributed by atoms with Gasteiger partial charge >= 0.3 is 0 Å². The van der Waals surface area contributed by atoms with Crippen molar-refractivity contribution < 1.29 is 0 Å². The molecular weight excluding hydrogens is 312 g/mol. The highest BCUT2D eigenvalue weighted by Crippen LogP contribution is 2.45. The van der Waals surface area contributed by atoms with E-state index in [0.29, 0.717) is 0 Å². The molecule has 0 amide bonds. The van der Waals surface area contributed by atoms with E-state index in [-0.39, 0.29) is 0 Å². The normalized spacial score (nSPS) is 11.8. The number of aryl methyl sites for hydroxylation is 2. The van der Waals surface area contributed by atoms with E-state index in [1.807, 2.05) is 13.8 Å². The molecule has 6 aromatic carbocycles. The molecule has 6 aromatic rings. The minimum atomic E-state index is 1.35. The van der Waals surface area contributed by atoms with Gasteiger partial charge in [0, 0.05) is 0 Å². The van der Waals surface area contributed by atoms with Gasteiger partial charge in [-0.2, -0.15) is 0 Å². The predicted molar refractivity (Wildman–Crippen MR) is 117 cm³/mol. The molecule has 0 spiro atoms. The first-order valence-corrected chi connectivity index (χ1v) is 9.55. The zero-order valence-electron chi connectivity index (χ0n) is 15.8. The fourth-order valence-electron chi connectivity index (χ4n) is 4.72. The molecule has 0 aliphatic carbocycles. The van der Waals surface area contributed by atoms with Gasteiger partial charge in [0.1, 0.15) is 0 Å². The second-order valence-electron chi connectivity index (χ2n) is 7.10. The summed E-state index contributed by atoms with van der Waals surface area (Å²) in [6.07, 6.45) is 0. The van der Waals surface area contributed by atoms with Gasteiger partial charge in [0.25, 0.3) is 0 Å². The van der Waals surface area contributed by atoms with Crippen molar-refractivity contribution in [3.05, 3.63) is 71.8 Å². The van der Waals surface area contributed by atoms with Crippen LogP contribution >= 0.6 is 0 Å². The van der Waals surface area contributed by atoms with Gasteiger partial charge in [-0.25, -0.2) is 0 Å². The molecule has 0 fully saturated rings.